The summed E-state index contributed by atoms with van der Waals surface area (Å²) in [5, 5.41) is 9.62. The van der Waals surface area contributed by atoms with E-state index in [1.54, 1.807) is 12.1 Å². The number of halogens is 1. The topological polar surface area (TPSA) is 40.5 Å². The highest BCUT2D eigenvalue weighted by atomic mass is 19.1. The van der Waals surface area contributed by atoms with Crippen molar-refractivity contribution in [2.24, 2.45) is 0 Å². The third-order valence-corrected chi connectivity index (χ3v) is 4.06. The van der Waals surface area contributed by atoms with Crippen molar-refractivity contribution in [2.75, 3.05) is 19.6 Å². The van der Waals surface area contributed by atoms with Gasteiger partial charge in [0, 0.05) is 0 Å². The Labute approximate surface area is 113 Å². The minimum atomic E-state index is -0.849. The number of likely N-dealkylation sites (tertiary alicyclic amines) is 1. The second-order valence-electron chi connectivity index (χ2n) is 5.24. The monoisotopic (exact) mass is 265 g/mol. The summed E-state index contributed by atoms with van der Waals surface area (Å²) in [5.74, 6) is -1.12. The van der Waals surface area contributed by atoms with Crippen molar-refractivity contribution in [2.45, 2.75) is 31.6 Å². The molecule has 0 radical (unpaired) electrons. The normalized spacial score (nSPS) is 19.3. The van der Waals surface area contributed by atoms with E-state index in [0.29, 0.717) is 12.8 Å². The van der Waals surface area contributed by atoms with Gasteiger partial charge in [0.2, 0.25) is 0 Å². The van der Waals surface area contributed by atoms with Crippen LogP contribution in [0, 0.1) is 5.82 Å². The second-order valence-corrected chi connectivity index (χ2v) is 5.24. The van der Waals surface area contributed by atoms with E-state index in [4.69, 9.17) is 0 Å². The van der Waals surface area contributed by atoms with Crippen LogP contribution in [0.1, 0.15) is 31.7 Å². The van der Waals surface area contributed by atoms with Gasteiger partial charge in [-0.3, -0.25) is 4.79 Å². The van der Waals surface area contributed by atoms with Crippen molar-refractivity contribution in [1.29, 1.82) is 0 Å². The van der Waals surface area contributed by atoms with Crippen LogP contribution in [0.25, 0.3) is 0 Å². The molecular formula is C15H20FNO2. The molecule has 1 aliphatic heterocycles. The zero-order chi connectivity index (χ0) is 13.9. The first-order valence-electron chi connectivity index (χ1n) is 6.80. The van der Waals surface area contributed by atoms with Crippen molar-refractivity contribution >= 4 is 5.97 Å². The maximum Gasteiger partial charge on any atom is 0.314 e. The average Bonchev–Trinajstić information content (AvgIpc) is 2.41. The van der Waals surface area contributed by atoms with Crippen LogP contribution in [0.2, 0.25) is 0 Å². The number of nitrogens with zero attached hydrogens (tertiary/aromatic N) is 1. The van der Waals surface area contributed by atoms with Gasteiger partial charge in [-0.25, -0.2) is 4.39 Å². The van der Waals surface area contributed by atoms with Gasteiger partial charge in [0.15, 0.2) is 0 Å². The van der Waals surface area contributed by atoms with Crippen molar-refractivity contribution in [3.05, 3.63) is 35.6 Å². The summed E-state index contributed by atoms with van der Waals surface area (Å²) in [5.41, 5.74) is -0.129. The molecule has 3 nitrogen and oxygen atoms in total. The lowest BCUT2D eigenvalue weighted by molar-refractivity contribution is -0.146. The fourth-order valence-corrected chi connectivity index (χ4v) is 2.87. The Morgan fingerprint density at radius 1 is 1.32 bits per heavy atom. The highest BCUT2D eigenvalue weighted by molar-refractivity contribution is 5.81. The number of carboxylic acids is 1. The molecule has 0 unspecified atom stereocenters. The lowest BCUT2D eigenvalue weighted by Crippen LogP contribution is -2.47. The van der Waals surface area contributed by atoms with E-state index in [-0.39, 0.29) is 5.82 Å². The van der Waals surface area contributed by atoms with Crippen LogP contribution in [0.4, 0.5) is 4.39 Å². The summed E-state index contributed by atoms with van der Waals surface area (Å²) >= 11 is 0. The van der Waals surface area contributed by atoms with E-state index in [9.17, 15) is 14.3 Å². The Morgan fingerprint density at radius 2 is 1.89 bits per heavy atom. The number of hydrogen-bond donors (Lipinski definition) is 1. The van der Waals surface area contributed by atoms with Crippen LogP contribution < -0.4 is 0 Å². The molecule has 1 aromatic rings. The number of hydrogen-bond acceptors (Lipinski definition) is 2. The van der Waals surface area contributed by atoms with Crippen LogP contribution in [-0.4, -0.2) is 35.6 Å². The number of rotatable bonds is 4. The molecule has 1 heterocycles. The quantitative estimate of drug-likeness (QED) is 0.910. The Morgan fingerprint density at radius 3 is 2.37 bits per heavy atom. The molecule has 1 saturated heterocycles. The van der Waals surface area contributed by atoms with Gasteiger partial charge in [-0.2, -0.15) is 0 Å². The first-order valence-corrected chi connectivity index (χ1v) is 6.80. The highest BCUT2D eigenvalue weighted by Crippen LogP contribution is 2.36. The Bertz CT molecular complexity index is 436. The molecule has 0 spiro atoms. The Hall–Kier alpha value is -1.42. The van der Waals surface area contributed by atoms with E-state index in [1.165, 1.54) is 12.1 Å². The van der Waals surface area contributed by atoms with Crippen LogP contribution in [-0.2, 0) is 10.2 Å². The van der Waals surface area contributed by atoms with E-state index in [0.717, 1.165) is 31.6 Å². The van der Waals surface area contributed by atoms with Gasteiger partial charge in [-0.1, -0.05) is 19.1 Å². The number of benzene rings is 1. The predicted molar refractivity (Wildman–Crippen MR) is 71.7 cm³/mol. The molecule has 19 heavy (non-hydrogen) atoms. The van der Waals surface area contributed by atoms with Crippen molar-refractivity contribution < 1.29 is 14.3 Å². The third kappa shape index (κ3) is 2.78. The zero-order valence-electron chi connectivity index (χ0n) is 11.2. The fraction of sp³-hybridized carbons (Fsp3) is 0.533. The number of carbonyl (C=O) groups is 1. The molecule has 0 bridgehead atoms. The molecule has 104 valence electrons. The standard InChI is InChI=1S/C15H20FNO2/c1-2-9-17-10-7-15(8-11-17,14(18)19)12-3-5-13(16)6-4-12/h3-6H,2,7-11H2,1H3,(H,18,19). The Balaban J connectivity index is 2.21. The van der Waals surface area contributed by atoms with Gasteiger partial charge in [0.25, 0.3) is 0 Å². The number of carboxylic acid groups (broad SMARTS) is 1. The third-order valence-electron chi connectivity index (χ3n) is 4.06. The van der Waals surface area contributed by atoms with Crippen LogP contribution in [0.15, 0.2) is 24.3 Å². The predicted octanol–water partition coefficient (Wildman–Crippen LogP) is 2.65. The summed E-state index contributed by atoms with van der Waals surface area (Å²) in [6, 6.07) is 5.91. The smallest absolute Gasteiger partial charge is 0.314 e. The minimum absolute atomic E-state index is 0.326. The summed E-state index contributed by atoms with van der Waals surface area (Å²) in [6.07, 6.45) is 2.26. The minimum Gasteiger partial charge on any atom is -0.481 e. The van der Waals surface area contributed by atoms with Crippen molar-refractivity contribution in [3.8, 4) is 0 Å². The van der Waals surface area contributed by atoms with Crippen LogP contribution in [0.5, 0.6) is 0 Å². The number of piperidine rings is 1. The van der Waals surface area contributed by atoms with Gasteiger partial charge in [-0.15, -0.1) is 0 Å². The lowest BCUT2D eigenvalue weighted by atomic mass is 9.73. The zero-order valence-corrected chi connectivity index (χ0v) is 11.2. The molecule has 1 aromatic carbocycles. The van der Waals surface area contributed by atoms with E-state index >= 15 is 0 Å². The molecule has 4 heteroatoms. The van der Waals surface area contributed by atoms with Gasteiger partial charge in [0.05, 0.1) is 5.41 Å². The van der Waals surface area contributed by atoms with Crippen molar-refractivity contribution in [1.82, 2.24) is 4.90 Å². The molecule has 0 atom stereocenters. The summed E-state index contributed by atoms with van der Waals surface area (Å²) in [4.78, 5) is 14.0. The van der Waals surface area contributed by atoms with Gasteiger partial charge in [0.1, 0.15) is 5.82 Å². The number of aliphatic carboxylic acids is 1. The highest BCUT2D eigenvalue weighted by Gasteiger charge is 2.42. The van der Waals surface area contributed by atoms with Gasteiger partial charge >= 0.3 is 5.97 Å². The molecular weight excluding hydrogens is 245 g/mol. The van der Waals surface area contributed by atoms with Gasteiger partial charge < -0.3 is 10.0 Å². The van der Waals surface area contributed by atoms with E-state index in [1.807, 2.05) is 0 Å². The molecule has 1 aliphatic rings. The Kier molecular flexibility index (Phi) is 4.20. The molecule has 0 amide bonds. The lowest BCUT2D eigenvalue weighted by Gasteiger charge is -2.39. The molecule has 1 fully saturated rings. The average molecular weight is 265 g/mol. The largest absolute Gasteiger partial charge is 0.481 e. The summed E-state index contributed by atoms with van der Waals surface area (Å²) in [7, 11) is 0. The summed E-state index contributed by atoms with van der Waals surface area (Å²) in [6.45, 7) is 4.72. The molecule has 0 aliphatic carbocycles. The second kappa shape index (κ2) is 5.70. The van der Waals surface area contributed by atoms with E-state index in [2.05, 4.69) is 11.8 Å². The maximum atomic E-state index is 13.0. The SMILES string of the molecule is CCCN1CCC(C(=O)O)(c2ccc(F)cc2)CC1. The van der Waals surface area contributed by atoms with Crippen LogP contribution in [0.3, 0.4) is 0 Å². The van der Waals surface area contributed by atoms with Gasteiger partial charge in [-0.05, 0) is 56.6 Å². The molecule has 1 N–H and O–H groups in total. The van der Waals surface area contributed by atoms with Crippen molar-refractivity contribution in [3.63, 3.8) is 0 Å². The van der Waals surface area contributed by atoms with E-state index < -0.39 is 11.4 Å². The molecule has 0 saturated carbocycles. The molecule has 2 rings (SSSR count). The van der Waals surface area contributed by atoms with Crippen LogP contribution >= 0.6 is 0 Å². The first-order chi connectivity index (χ1) is 9.08. The maximum absolute atomic E-state index is 13.0. The summed E-state index contributed by atoms with van der Waals surface area (Å²) < 4.78 is 13.0. The first kappa shape index (κ1) is 14.0. The fourth-order valence-electron chi connectivity index (χ4n) is 2.87. The molecule has 0 aromatic heterocycles.